The molecule has 0 radical (unpaired) electrons. The van der Waals surface area contributed by atoms with Crippen LogP contribution in [-0.4, -0.2) is 5.91 Å². The first-order chi connectivity index (χ1) is 11.3. The summed E-state index contributed by atoms with van der Waals surface area (Å²) in [6.07, 6.45) is 6.54. The largest absolute Gasteiger partial charge is 1.00 e. The van der Waals surface area contributed by atoms with Crippen molar-refractivity contribution in [3.8, 4) is 0 Å². The predicted molar refractivity (Wildman–Crippen MR) is 93.1 cm³/mol. The fraction of sp³-hybridized carbons (Fsp3) is 0.200. The quantitative estimate of drug-likeness (QED) is 0.497. The zero-order valence-corrected chi connectivity index (χ0v) is 15.1. The number of fused-ring (bicyclic) bond motifs is 1. The number of aromatic nitrogens is 1. The Morgan fingerprint density at radius 1 is 0.875 bits per heavy atom. The smallest absolute Gasteiger partial charge is 0.224 e. The van der Waals surface area contributed by atoms with E-state index in [0.29, 0.717) is 6.42 Å². The van der Waals surface area contributed by atoms with Gasteiger partial charge in [-0.05, 0) is 17.9 Å². The first-order valence-electron chi connectivity index (χ1n) is 8.05. The van der Waals surface area contributed by atoms with Crippen molar-refractivity contribution in [2.45, 2.75) is 25.8 Å². The fourth-order valence-electron chi connectivity index (χ4n) is 2.71. The van der Waals surface area contributed by atoms with Gasteiger partial charge in [0.15, 0.2) is 12.4 Å². The van der Waals surface area contributed by atoms with Gasteiger partial charge >= 0.3 is 0 Å². The first-order valence-corrected chi connectivity index (χ1v) is 8.05. The maximum Gasteiger partial charge on any atom is 0.224 e. The van der Waals surface area contributed by atoms with Crippen LogP contribution in [0.2, 0.25) is 0 Å². The molecule has 0 aliphatic heterocycles. The summed E-state index contributed by atoms with van der Waals surface area (Å²) in [4.78, 5) is 12.1. The Hall–Kier alpha value is -2.20. The molecule has 1 amide bonds. The molecule has 3 aromatic rings. The number of benzene rings is 2. The minimum atomic E-state index is 0. The molecule has 0 bridgehead atoms. The van der Waals surface area contributed by atoms with Crippen LogP contribution in [0.3, 0.4) is 0 Å². The van der Waals surface area contributed by atoms with Gasteiger partial charge in [-0.2, -0.15) is 0 Å². The lowest BCUT2D eigenvalue weighted by atomic mass is 10.1. The lowest BCUT2D eigenvalue weighted by Crippen LogP contribution is -3.00. The van der Waals surface area contributed by atoms with Gasteiger partial charge in [0.1, 0.15) is 6.54 Å². The molecule has 0 aliphatic carbocycles. The fourth-order valence-corrected chi connectivity index (χ4v) is 2.71. The van der Waals surface area contributed by atoms with Crippen molar-refractivity contribution in [1.29, 1.82) is 0 Å². The minimum absolute atomic E-state index is 0. The summed E-state index contributed by atoms with van der Waals surface area (Å²) >= 11 is 0. The Bertz CT molecular complexity index is 785. The number of hydrogen-bond acceptors (Lipinski definition) is 1. The van der Waals surface area contributed by atoms with Gasteiger partial charge in [0.05, 0.1) is 0 Å². The SMILES string of the molecule is O=C(CCCC[n+]1ccccc1)Nc1cccc2ccccc12.[Br-]. The van der Waals surface area contributed by atoms with E-state index >= 15 is 0 Å². The molecule has 1 heterocycles. The standard InChI is InChI=1S/C20H20N2O.BrH/c23-20(13-4-7-16-22-14-5-1-6-15-22)21-19-12-8-10-17-9-2-3-11-18(17)19;/h1-3,5-6,8-12,14-15H,4,7,13,16H2;1H. The van der Waals surface area contributed by atoms with E-state index in [1.807, 2.05) is 48.5 Å². The number of carbonyl (C=O) groups is 1. The molecule has 1 N–H and O–H groups in total. The molecule has 24 heavy (non-hydrogen) atoms. The summed E-state index contributed by atoms with van der Waals surface area (Å²) in [5, 5.41) is 5.27. The van der Waals surface area contributed by atoms with Gasteiger partial charge in [-0.25, -0.2) is 4.57 Å². The Balaban J connectivity index is 0.00000208. The second kappa shape index (κ2) is 9.18. The van der Waals surface area contributed by atoms with Crippen molar-refractivity contribution >= 4 is 22.4 Å². The molecule has 0 aliphatic rings. The van der Waals surface area contributed by atoms with Crippen molar-refractivity contribution in [2.75, 3.05) is 5.32 Å². The zero-order valence-electron chi connectivity index (χ0n) is 13.5. The molecular weight excluding hydrogens is 364 g/mol. The van der Waals surface area contributed by atoms with Crippen LogP contribution in [0.4, 0.5) is 5.69 Å². The number of carbonyl (C=O) groups excluding carboxylic acids is 1. The molecule has 3 nitrogen and oxygen atoms in total. The van der Waals surface area contributed by atoms with Crippen molar-refractivity contribution in [2.24, 2.45) is 0 Å². The molecule has 1 aromatic heterocycles. The van der Waals surface area contributed by atoms with Gasteiger partial charge < -0.3 is 22.3 Å². The lowest BCUT2D eigenvalue weighted by Gasteiger charge is -2.08. The molecule has 2 aromatic carbocycles. The van der Waals surface area contributed by atoms with Crippen LogP contribution in [0.1, 0.15) is 19.3 Å². The van der Waals surface area contributed by atoms with E-state index in [4.69, 9.17) is 0 Å². The number of nitrogens with one attached hydrogen (secondary N) is 1. The monoisotopic (exact) mass is 384 g/mol. The molecule has 124 valence electrons. The third-order valence-corrected chi connectivity index (χ3v) is 3.91. The zero-order chi connectivity index (χ0) is 15.9. The van der Waals surface area contributed by atoms with Gasteiger partial charge in [-0.3, -0.25) is 4.79 Å². The van der Waals surface area contributed by atoms with Crippen LogP contribution >= 0.6 is 0 Å². The van der Waals surface area contributed by atoms with Gasteiger partial charge in [0.25, 0.3) is 0 Å². The minimum Gasteiger partial charge on any atom is -1.00 e. The Morgan fingerprint density at radius 2 is 1.62 bits per heavy atom. The van der Waals surface area contributed by atoms with Gasteiger partial charge in [0.2, 0.25) is 5.91 Å². The molecule has 0 atom stereocenters. The van der Waals surface area contributed by atoms with E-state index in [1.165, 1.54) is 0 Å². The maximum absolute atomic E-state index is 12.1. The summed E-state index contributed by atoms with van der Waals surface area (Å²) in [5.74, 6) is 0.0828. The average molecular weight is 385 g/mol. The molecule has 0 saturated carbocycles. The third kappa shape index (κ3) is 4.90. The average Bonchev–Trinajstić information content (AvgIpc) is 2.60. The van der Waals surface area contributed by atoms with Crippen LogP contribution < -0.4 is 26.9 Å². The number of halogens is 1. The summed E-state index contributed by atoms with van der Waals surface area (Å²) in [6.45, 7) is 0.947. The van der Waals surface area contributed by atoms with Crippen LogP contribution in [0, 0.1) is 0 Å². The van der Waals surface area contributed by atoms with Gasteiger partial charge in [-0.1, -0.05) is 42.5 Å². The van der Waals surface area contributed by atoms with Crippen molar-refractivity contribution in [3.63, 3.8) is 0 Å². The predicted octanol–water partition coefficient (Wildman–Crippen LogP) is 0.940. The van der Waals surface area contributed by atoms with E-state index in [1.54, 1.807) is 0 Å². The van der Waals surface area contributed by atoms with E-state index in [2.05, 4.69) is 34.4 Å². The third-order valence-electron chi connectivity index (χ3n) is 3.91. The topological polar surface area (TPSA) is 33.0 Å². The molecule has 4 heteroatoms. The normalized spacial score (nSPS) is 10.2. The summed E-state index contributed by atoms with van der Waals surface area (Å²) in [5.41, 5.74) is 0.894. The second-order valence-corrected chi connectivity index (χ2v) is 5.65. The number of pyridine rings is 1. The van der Waals surface area contributed by atoms with Crippen molar-refractivity contribution < 1.29 is 26.3 Å². The Labute approximate surface area is 153 Å². The highest BCUT2D eigenvalue weighted by molar-refractivity contribution is 6.02. The molecule has 0 fully saturated rings. The van der Waals surface area contributed by atoms with E-state index in [9.17, 15) is 4.79 Å². The highest BCUT2D eigenvalue weighted by atomic mass is 79.9. The highest BCUT2D eigenvalue weighted by Crippen LogP contribution is 2.23. The number of anilines is 1. The number of unbranched alkanes of at least 4 members (excludes halogenated alkanes) is 1. The van der Waals surface area contributed by atoms with Crippen LogP contribution in [0.25, 0.3) is 10.8 Å². The number of aryl methyl sites for hydroxylation is 1. The van der Waals surface area contributed by atoms with E-state index < -0.39 is 0 Å². The highest BCUT2D eigenvalue weighted by Gasteiger charge is 2.06. The number of rotatable bonds is 6. The Kier molecular flexibility index (Phi) is 6.94. The first kappa shape index (κ1) is 18.1. The van der Waals surface area contributed by atoms with E-state index in [-0.39, 0.29) is 22.9 Å². The Morgan fingerprint density at radius 3 is 2.46 bits per heavy atom. The number of hydrogen-bond donors (Lipinski definition) is 1. The van der Waals surface area contributed by atoms with Gasteiger partial charge in [0, 0.05) is 36.0 Å². The van der Waals surface area contributed by atoms with Gasteiger partial charge in [-0.15, -0.1) is 0 Å². The maximum atomic E-state index is 12.1. The van der Waals surface area contributed by atoms with Crippen molar-refractivity contribution in [3.05, 3.63) is 73.1 Å². The summed E-state index contributed by atoms with van der Waals surface area (Å²) in [6, 6.07) is 20.1. The summed E-state index contributed by atoms with van der Waals surface area (Å²) in [7, 11) is 0. The second-order valence-electron chi connectivity index (χ2n) is 5.65. The van der Waals surface area contributed by atoms with Crippen LogP contribution in [-0.2, 0) is 11.3 Å². The van der Waals surface area contributed by atoms with Crippen LogP contribution in [0.5, 0.6) is 0 Å². The van der Waals surface area contributed by atoms with E-state index in [0.717, 1.165) is 35.8 Å². The molecule has 3 rings (SSSR count). The molecule has 0 unspecified atom stereocenters. The number of amides is 1. The summed E-state index contributed by atoms with van der Waals surface area (Å²) < 4.78 is 2.14. The lowest BCUT2D eigenvalue weighted by molar-refractivity contribution is -0.697. The number of nitrogens with zero attached hydrogens (tertiary/aromatic N) is 1. The molecular formula is C20H21BrN2O. The van der Waals surface area contributed by atoms with Crippen molar-refractivity contribution in [1.82, 2.24) is 0 Å². The van der Waals surface area contributed by atoms with Crippen LogP contribution in [0.15, 0.2) is 73.1 Å². The molecule has 0 saturated heterocycles. The molecule has 0 spiro atoms.